The summed E-state index contributed by atoms with van der Waals surface area (Å²) in [6.07, 6.45) is 3.34. The lowest BCUT2D eigenvalue weighted by atomic mass is 9.78. The van der Waals surface area contributed by atoms with E-state index in [9.17, 15) is 18.0 Å². The van der Waals surface area contributed by atoms with Gasteiger partial charge in [0.05, 0.1) is 4.90 Å². The van der Waals surface area contributed by atoms with Crippen molar-refractivity contribution in [2.75, 3.05) is 5.32 Å². The predicted octanol–water partition coefficient (Wildman–Crippen LogP) is 3.68. The molecule has 0 saturated heterocycles. The third kappa shape index (κ3) is 6.17. The molecule has 2 aromatic rings. The van der Waals surface area contributed by atoms with Gasteiger partial charge in [0, 0.05) is 30.8 Å². The van der Waals surface area contributed by atoms with E-state index < -0.39 is 10.0 Å². The number of anilines is 1. The van der Waals surface area contributed by atoms with Crippen molar-refractivity contribution in [3.05, 3.63) is 59.7 Å². The van der Waals surface area contributed by atoms with Gasteiger partial charge in [0.2, 0.25) is 15.9 Å². The van der Waals surface area contributed by atoms with Crippen LogP contribution in [-0.4, -0.2) is 26.3 Å². The van der Waals surface area contributed by atoms with Gasteiger partial charge in [-0.15, -0.1) is 0 Å². The Bertz CT molecular complexity index is 1050. The molecule has 0 spiro atoms. The van der Waals surface area contributed by atoms with E-state index in [0.717, 1.165) is 18.4 Å². The van der Waals surface area contributed by atoms with Crippen molar-refractivity contribution < 1.29 is 18.0 Å². The van der Waals surface area contributed by atoms with Gasteiger partial charge in [-0.2, -0.15) is 0 Å². The second-order valence-electron chi connectivity index (χ2n) is 8.57. The zero-order valence-electron chi connectivity index (χ0n) is 18.7. The van der Waals surface area contributed by atoms with E-state index in [1.807, 2.05) is 0 Å². The summed E-state index contributed by atoms with van der Waals surface area (Å²) >= 11 is 0. The summed E-state index contributed by atoms with van der Waals surface area (Å²) < 4.78 is 27.6. The smallest absolute Gasteiger partial charge is 0.251 e. The second kappa shape index (κ2) is 10.3. The molecule has 172 valence electrons. The number of sulfonamides is 1. The Morgan fingerprint density at radius 1 is 0.969 bits per heavy atom. The van der Waals surface area contributed by atoms with Gasteiger partial charge in [-0.05, 0) is 60.2 Å². The molecule has 2 aromatic carbocycles. The average Bonchev–Trinajstić information content (AvgIpc) is 2.76. The van der Waals surface area contributed by atoms with Crippen molar-refractivity contribution >= 4 is 27.5 Å². The Hall–Kier alpha value is -2.71. The topological polar surface area (TPSA) is 104 Å². The van der Waals surface area contributed by atoms with Crippen LogP contribution in [0.3, 0.4) is 0 Å². The molecule has 8 heteroatoms. The highest BCUT2D eigenvalue weighted by molar-refractivity contribution is 7.89. The molecule has 0 unspecified atom stereocenters. The molecule has 3 atom stereocenters. The fraction of sp³-hybridized carbons (Fsp3) is 0.417. The highest BCUT2D eigenvalue weighted by Crippen LogP contribution is 2.29. The maximum Gasteiger partial charge on any atom is 0.251 e. The van der Waals surface area contributed by atoms with E-state index in [1.165, 1.54) is 37.6 Å². The maximum atomic E-state index is 12.6. The van der Waals surface area contributed by atoms with E-state index in [2.05, 4.69) is 29.2 Å². The fourth-order valence-electron chi connectivity index (χ4n) is 3.99. The van der Waals surface area contributed by atoms with Gasteiger partial charge >= 0.3 is 0 Å². The summed E-state index contributed by atoms with van der Waals surface area (Å²) in [7, 11) is -3.70. The fourth-order valence-corrected chi connectivity index (χ4v) is 5.01. The number of amides is 2. The molecular weight excluding hydrogens is 426 g/mol. The van der Waals surface area contributed by atoms with Crippen LogP contribution in [0.15, 0.2) is 53.4 Å². The first-order valence-electron chi connectivity index (χ1n) is 10.9. The average molecular weight is 458 g/mol. The first-order valence-corrected chi connectivity index (χ1v) is 12.4. The SMILES string of the molecule is CC(=O)Nc1ccc(S(=O)(=O)NCc2ccc(C(=O)N[C@@H]3CCC[C@H](C)[C@@H]3C)cc2)cc1. The third-order valence-electron chi connectivity index (χ3n) is 6.19. The Labute approximate surface area is 190 Å². The zero-order chi connectivity index (χ0) is 23.3. The highest BCUT2D eigenvalue weighted by Gasteiger charge is 2.28. The van der Waals surface area contributed by atoms with Crippen LogP contribution in [0.4, 0.5) is 5.69 Å². The van der Waals surface area contributed by atoms with Gasteiger partial charge in [0.1, 0.15) is 0 Å². The van der Waals surface area contributed by atoms with Crippen molar-refractivity contribution in [2.24, 2.45) is 11.8 Å². The van der Waals surface area contributed by atoms with Crippen LogP contribution in [-0.2, 0) is 21.4 Å². The molecule has 2 amide bonds. The molecule has 0 aromatic heterocycles. The molecule has 1 aliphatic rings. The van der Waals surface area contributed by atoms with E-state index >= 15 is 0 Å². The summed E-state index contributed by atoms with van der Waals surface area (Å²) in [5.74, 6) is 0.737. The van der Waals surface area contributed by atoms with Crippen LogP contribution in [0.5, 0.6) is 0 Å². The lowest BCUT2D eigenvalue weighted by Crippen LogP contribution is -2.43. The van der Waals surface area contributed by atoms with Gasteiger partial charge in [-0.25, -0.2) is 13.1 Å². The molecule has 1 fully saturated rings. The van der Waals surface area contributed by atoms with E-state index in [0.29, 0.717) is 23.1 Å². The predicted molar refractivity (Wildman–Crippen MR) is 125 cm³/mol. The van der Waals surface area contributed by atoms with Crippen molar-refractivity contribution in [1.82, 2.24) is 10.0 Å². The quantitative estimate of drug-likeness (QED) is 0.590. The zero-order valence-corrected chi connectivity index (χ0v) is 19.5. The molecule has 3 N–H and O–H groups in total. The van der Waals surface area contributed by atoms with Crippen LogP contribution in [0.25, 0.3) is 0 Å². The number of carbonyl (C=O) groups excluding carboxylic acids is 2. The van der Waals surface area contributed by atoms with Crippen molar-refractivity contribution in [3.63, 3.8) is 0 Å². The molecule has 0 radical (unpaired) electrons. The summed E-state index contributed by atoms with van der Waals surface area (Å²) in [6, 6.07) is 13.1. The number of hydrogen-bond donors (Lipinski definition) is 3. The molecule has 0 aliphatic heterocycles. The minimum absolute atomic E-state index is 0.0951. The summed E-state index contributed by atoms with van der Waals surface area (Å²) in [4.78, 5) is 23.8. The highest BCUT2D eigenvalue weighted by atomic mass is 32.2. The minimum atomic E-state index is -3.70. The van der Waals surface area contributed by atoms with Crippen LogP contribution < -0.4 is 15.4 Å². The minimum Gasteiger partial charge on any atom is -0.349 e. The molecular formula is C24H31N3O4S. The molecule has 0 heterocycles. The van der Waals surface area contributed by atoms with Crippen LogP contribution >= 0.6 is 0 Å². The van der Waals surface area contributed by atoms with E-state index in [-0.39, 0.29) is 29.3 Å². The second-order valence-corrected chi connectivity index (χ2v) is 10.3. The normalized spacial score (nSPS) is 21.0. The van der Waals surface area contributed by atoms with Gasteiger partial charge in [0.15, 0.2) is 0 Å². The third-order valence-corrected chi connectivity index (χ3v) is 7.61. The Balaban J connectivity index is 1.57. The number of benzene rings is 2. The standard InChI is InChI=1S/C24H31N3O4S/c1-16-5-4-6-23(17(16)2)27-24(29)20-9-7-19(8-10-20)15-25-32(30,31)22-13-11-21(12-14-22)26-18(3)28/h7-14,16-17,23,25H,4-6,15H2,1-3H3,(H,26,28)(H,27,29)/t16-,17-,23+/m0/s1. The molecule has 0 bridgehead atoms. The molecule has 1 saturated carbocycles. The van der Waals surface area contributed by atoms with Gasteiger partial charge in [-0.1, -0.05) is 38.8 Å². The largest absolute Gasteiger partial charge is 0.349 e. The van der Waals surface area contributed by atoms with Gasteiger partial charge < -0.3 is 10.6 Å². The van der Waals surface area contributed by atoms with Gasteiger partial charge in [0.25, 0.3) is 5.91 Å². The lowest BCUT2D eigenvalue weighted by molar-refractivity contribution is -0.114. The Morgan fingerprint density at radius 3 is 2.25 bits per heavy atom. The molecule has 32 heavy (non-hydrogen) atoms. The number of nitrogens with one attached hydrogen (secondary N) is 3. The number of rotatable bonds is 7. The maximum absolute atomic E-state index is 12.6. The lowest BCUT2D eigenvalue weighted by Gasteiger charge is -2.34. The van der Waals surface area contributed by atoms with Crippen molar-refractivity contribution in [1.29, 1.82) is 0 Å². The van der Waals surface area contributed by atoms with E-state index in [4.69, 9.17) is 0 Å². The first kappa shape index (κ1) is 23.9. The Morgan fingerprint density at radius 2 is 1.62 bits per heavy atom. The first-order chi connectivity index (χ1) is 15.2. The summed E-state index contributed by atoms with van der Waals surface area (Å²) in [5.41, 5.74) is 1.85. The summed E-state index contributed by atoms with van der Waals surface area (Å²) in [6.45, 7) is 5.92. The van der Waals surface area contributed by atoms with Crippen molar-refractivity contribution in [2.45, 2.75) is 57.5 Å². The van der Waals surface area contributed by atoms with Crippen LogP contribution in [0.2, 0.25) is 0 Å². The molecule has 7 nitrogen and oxygen atoms in total. The van der Waals surface area contributed by atoms with Crippen LogP contribution in [0, 0.1) is 11.8 Å². The van der Waals surface area contributed by atoms with Crippen LogP contribution in [0.1, 0.15) is 56.0 Å². The Kier molecular flexibility index (Phi) is 7.69. The number of carbonyl (C=O) groups is 2. The van der Waals surface area contributed by atoms with Crippen molar-refractivity contribution in [3.8, 4) is 0 Å². The molecule has 1 aliphatic carbocycles. The monoisotopic (exact) mass is 457 g/mol. The van der Waals surface area contributed by atoms with Gasteiger partial charge in [-0.3, -0.25) is 9.59 Å². The summed E-state index contributed by atoms with van der Waals surface area (Å²) in [5, 5.41) is 5.75. The molecule has 3 rings (SSSR count). The van der Waals surface area contributed by atoms with E-state index in [1.54, 1.807) is 24.3 Å². The number of hydrogen-bond acceptors (Lipinski definition) is 4.